The van der Waals surface area contributed by atoms with Crippen molar-refractivity contribution in [3.8, 4) is 17.1 Å². The Morgan fingerprint density at radius 1 is 1.00 bits per heavy atom. The highest BCUT2D eigenvalue weighted by Gasteiger charge is 2.37. The molecule has 0 unspecified atom stereocenters. The summed E-state index contributed by atoms with van der Waals surface area (Å²) in [5.74, 6) is -1.65. The molecule has 1 aliphatic rings. The van der Waals surface area contributed by atoms with Gasteiger partial charge in [-0.05, 0) is 67.1 Å². The quantitative estimate of drug-likeness (QED) is 0.449. The monoisotopic (exact) mass is 456 g/mol. The third kappa shape index (κ3) is 4.79. The predicted octanol–water partition coefficient (Wildman–Crippen LogP) is 4.82. The fraction of sp³-hybridized carbons (Fsp3) is 0.0870. The smallest absolute Gasteiger partial charge is 0.457 e. The van der Waals surface area contributed by atoms with Crippen LogP contribution in [0.4, 0.5) is 23.7 Å². The Bertz CT molecular complexity index is 1280. The number of nitrogens with zero attached hydrogens (tertiary/aromatic N) is 1. The van der Waals surface area contributed by atoms with Gasteiger partial charge in [0.25, 0.3) is 11.8 Å². The summed E-state index contributed by atoms with van der Waals surface area (Å²) in [6, 6.07) is 13.8. The van der Waals surface area contributed by atoms with Crippen LogP contribution in [0.15, 0.2) is 70.7 Å². The van der Waals surface area contributed by atoms with Crippen LogP contribution in [0, 0.1) is 6.92 Å². The standard InChI is InChI=1S/C23H15F3N2O5/c1-13-3-2-4-15(11-13)28-21(30)18(20(29)27-22(28)31)12-17-9-10-19(32-17)14-5-7-16(8-6-14)33-23(24,25)26/h2-12H,1H3,(H,27,29,31)/b18-12+. The van der Waals surface area contributed by atoms with Crippen molar-refractivity contribution in [2.75, 3.05) is 4.90 Å². The van der Waals surface area contributed by atoms with Gasteiger partial charge in [0.1, 0.15) is 22.8 Å². The lowest BCUT2D eigenvalue weighted by Gasteiger charge is -2.26. The van der Waals surface area contributed by atoms with E-state index in [0.717, 1.165) is 22.6 Å². The molecule has 1 N–H and O–H groups in total. The fourth-order valence-electron chi connectivity index (χ4n) is 3.21. The number of urea groups is 1. The average molecular weight is 456 g/mol. The highest BCUT2D eigenvalue weighted by atomic mass is 19.4. The zero-order valence-corrected chi connectivity index (χ0v) is 17.0. The van der Waals surface area contributed by atoms with Gasteiger partial charge < -0.3 is 9.15 Å². The van der Waals surface area contributed by atoms with Crippen LogP contribution in [0.5, 0.6) is 5.75 Å². The Hall–Kier alpha value is -4.34. The van der Waals surface area contributed by atoms with E-state index < -0.39 is 24.2 Å². The zero-order chi connectivity index (χ0) is 23.8. The lowest BCUT2D eigenvalue weighted by Crippen LogP contribution is -2.54. The Balaban J connectivity index is 1.59. The summed E-state index contributed by atoms with van der Waals surface area (Å²) in [6.45, 7) is 1.80. The number of halogens is 3. The van der Waals surface area contributed by atoms with Gasteiger partial charge in [-0.2, -0.15) is 0 Å². The van der Waals surface area contributed by atoms with Gasteiger partial charge in [-0.25, -0.2) is 9.69 Å². The molecule has 0 aliphatic carbocycles. The summed E-state index contributed by atoms with van der Waals surface area (Å²) >= 11 is 0. The molecule has 0 bridgehead atoms. The molecule has 0 atom stereocenters. The van der Waals surface area contributed by atoms with Crippen molar-refractivity contribution in [1.82, 2.24) is 5.32 Å². The predicted molar refractivity (Wildman–Crippen MR) is 111 cm³/mol. The van der Waals surface area contributed by atoms with Crippen LogP contribution in [0.25, 0.3) is 17.4 Å². The molecule has 0 spiro atoms. The van der Waals surface area contributed by atoms with E-state index in [1.165, 1.54) is 30.3 Å². The molecule has 4 rings (SSSR count). The number of imide groups is 2. The topological polar surface area (TPSA) is 88.8 Å². The molecular weight excluding hydrogens is 441 g/mol. The second kappa shape index (κ2) is 8.30. The number of barbiturate groups is 1. The SMILES string of the molecule is Cc1cccc(N2C(=O)NC(=O)/C(=C\c3ccc(-c4ccc(OC(F)(F)F)cc4)o3)C2=O)c1. The number of benzene rings is 2. The maximum Gasteiger partial charge on any atom is 0.573 e. The molecule has 10 heteroatoms. The maximum atomic E-state index is 12.9. The largest absolute Gasteiger partial charge is 0.573 e. The average Bonchev–Trinajstić information content (AvgIpc) is 3.19. The Morgan fingerprint density at radius 2 is 1.73 bits per heavy atom. The van der Waals surface area contributed by atoms with E-state index in [9.17, 15) is 27.6 Å². The fourth-order valence-corrected chi connectivity index (χ4v) is 3.21. The van der Waals surface area contributed by atoms with Gasteiger partial charge in [-0.3, -0.25) is 14.9 Å². The molecule has 4 amide bonds. The minimum atomic E-state index is -4.80. The summed E-state index contributed by atoms with van der Waals surface area (Å²) in [6.07, 6.45) is -3.61. The Morgan fingerprint density at radius 3 is 2.39 bits per heavy atom. The van der Waals surface area contributed by atoms with Crippen LogP contribution >= 0.6 is 0 Å². The van der Waals surface area contributed by atoms with Crippen LogP contribution in [0.1, 0.15) is 11.3 Å². The van der Waals surface area contributed by atoms with Gasteiger partial charge in [0, 0.05) is 5.56 Å². The van der Waals surface area contributed by atoms with E-state index in [2.05, 4.69) is 10.1 Å². The van der Waals surface area contributed by atoms with Crippen molar-refractivity contribution in [2.24, 2.45) is 0 Å². The number of alkyl halides is 3. The van der Waals surface area contributed by atoms with Crippen molar-refractivity contribution in [3.05, 3.63) is 77.6 Å². The van der Waals surface area contributed by atoms with Crippen LogP contribution in [0.3, 0.4) is 0 Å². The first-order chi connectivity index (χ1) is 15.6. The van der Waals surface area contributed by atoms with E-state index in [-0.39, 0.29) is 22.8 Å². The van der Waals surface area contributed by atoms with Crippen molar-refractivity contribution >= 4 is 29.6 Å². The number of amides is 4. The Labute approximate surface area is 185 Å². The minimum absolute atomic E-state index is 0.137. The Kier molecular flexibility index (Phi) is 5.50. The molecule has 1 saturated heterocycles. The summed E-state index contributed by atoms with van der Waals surface area (Å²) in [5.41, 5.74) is 1.26. The van der Waals surface area contributed by atoms with Gasteiger partial charge in [0.2, 0.25) is 0 Å². The molecular formula is C23H15F3N2O5. The van der Waals surface area contributed by atoms with E-state index in [4.69, 9.17) is 4.42 Å². The molecule has 2 heterocycles. The lowest BCUT2D eigenvalue weighted by atomic mass is 10.1. The van der Waals surface area contributed by atoms with E-state index >= 15 is 0 Å². The minimum Gasteiger partial charge on any atom is -0.457 e. The molecule has 2 aromatic carbocycles. The first kappa shape index (κ1) is 21.9. The first-order valence-corrected chi connectivity index (χ1v) is 9.55. The summed E-state index contributed by atoms with van der Waals surface area (Å²) in [4.78, 5) is 38.3. The number of ether oxygens (including phenoxy) is 1. The molecule has 1 fully saturated rings. The van der Waals surface area contributed by atoms with Gasteiger partial charge in [0.15, 0.2) is 0 Å². The van der Waals surface area contributed by atoms with Gasteiger partial charge in [-0.15, -0.1) is 13.2 Å². The van der Waals surface area contributed by atoms with Gasteiger partial charge in [0.05, 0.1) is 5.69 Å². The van der Waals surface area contributed by atoms with Gasteiger partial charge >= 0.3 is 12.4 Å². The third-order valence-corrected chi connectivity index (χ3v) is 4.65. The molecule has 7 nitrogen and oxygen atoms in total. The number of furan rings is 1. The molecule has 0 radical (unpaired) electrons. The summed E-state index contributed by atoms with van der Waals surface area (Å²) < 4.78 is 46.4. The van der Waals surface area contributed by atoms with Crippen LogP contribution in [-0.2, 0) is 9.59 Å². The third-order valence-electron chi connectivity index (χ3n) is 4.65. The second-order valence-corrected chi connectivity index (χ2v) is 7.07. The summed E-state index contributed by atoms with van der Waals surface area (Å²) in [7, 11) is 0. The number of anilines is 1. The number of aryl methyl sites for hydroxylation is 1. The number of rotatable bonds is 4. The van der Waals surface area contributed by atoms with Gasteiger partial charge in [-0.1, -0.05) is 12.1 Å². The second-order valence-electron chi connectivity index (χ2n) is 7.07. The van der Waals surface area contributed by atoms with E-state index in [1.54, 1.807) is 31.2 Å². The number of carbonyl (C=O) groups is 3. The van der Waals surface area contributed by atoms with Crippen molar-refractivity contribution < 1.29 is 36.7 Å². The normalized spacial score (nSPS) is 15.7. The molecule has 1 aromatic heterocycles. The number of hydrogen-bond donors (Lipinski definition) is 1. The first-order valence-electron chi connectivity index (χ1n) is 9.55. The number of nitrogens with one attached hydrogen (secondary N) is 1. The molecule has 3 aromatic rings. The molecule has 33 heavy (non-hydrogen) atoms. The molecule has 168 valence electrons. The van der Waals surface area contributed by atoms with Crippen LogP contribution < -0.4 is 15.0 Å². The van der Waals surface area contributed by atoms with E-state index in [1.807, 2.05) is 0 Å². The molecule has 0 saturated carbocycles. The van der Waals surface area contributed by atoms with Crippen molar-refractivity contribution in [1.29, 1.82) is 0 Å². The zero-order valence-electron chi connectivity index (χ0n) is 17.0. The highest BCUT2D eigenvalue weighted by molar-refractivity contribution is 6.39. The van der Waals surface area contributed by atoms with Crippen LogP contribution in [0.2, 0.25) is 0 Å². The lowest BCUT2D eigenvalue weighted by molar-refractivity contribution is -0.274. The van der Waals surface area contributed by atoms with E-state index in [0.29, 0.717) is 11.3 Å². The van der Waals surface area contributed by atoms with Crippen molar-refractivity contribution in [2.45, 2.75) is 13.3 Å². The maximum absolute atomic E-state index is 12.9. The van der Waals surface area contributed by atoms with Crippen molar-refractivity contribution in [3.63, 3.8) is 0 Å². The highest BCUT2D eigenvalue weighted by Crippen LogP contribution is 2.29. The number of hydrogen-bond acceptors (Lipinski definition) is 5. The summed E-state index contributed by atoms with van der Waals surface area (Å²) in [5, 5.41) is 2.12. The molecule has 1 aliphatic heterocycles. The number of carbonyl (C=O) groups excluding carboxylic acids is 3. The van der Waals surface area contributed by atoms with Crippen LogP contribution in [-0.4, -0.2) is 24.2 Å².